The van der Waals surface area contributed by atoms with Gasteiger partial charge in [0.05, 0.1) is 10.2 Å². The molecule has 0 saturated carbocycles. The molecule has 0 aliphatic rings. The van der Waals surface area contributed by atoms with Gasteiger partial charge in [-0.3, -0.25) is 0 Å². The summed E-state index contributed by atoms with van der Waals surface area (Å²) in [6.45, 7) is 0. The molecule has 0 bridgehead atoms. The highest BCUT2D eigenvalue weighted by Gasteiger charge is 1.94. The fourth-order valence-electron chi connectivity index (χ4n) is 1.07. The summed E-state index contributed by atoms with van der Waals surface area (Å²) in [6.07, 6.45) is 1.95. The summed E-state index contributed by atoms with van der Waals surface area (Å²) in [6, 6.07) is 8.18. The highest BCUT2D eigenvalue weighted by Crippen LogP contribution is 2.06. The number of hydrogen-bond acceptors (Lipinski definition) is 0. The summed E-state index contributed by atoms with van der Waals surface area (Å²) in [5.74, 6) is 0. The van der Waals surface area contributed by atoms with E-state index in [9.17, 15) is 0 Å². The average Bonchev–Trinajstić information content (AvgIpc) is 2.34. The Bertz CT molecular complexity index is 351. The number of para-hydroxylation sites is 1. The minimum Gasteiger partial charge on any atom is -0.361 e. The highest BCUT2D eigenvalue weighted by atomic mass is 28.1. The zero-order chi connectivity index (χ0) is 6.97. The molecule has 0 aliphatic carbocycles. The zero-order valence-corrected chi connectivity index (χ0v) is 6.39. The largest absolute Gasteiger partial charge is 0.361 e. The molecule has 1 nitrogen and oxygen atoms in total. The number of fused-ring (bicyclic) bond motifs is 1. The van der Waals surface area contributed by atoms with Crippen molar-refractivity contribution < 1.29 is 0 Å². The van der Waals surface area contributed by atoms with Crippen molar-refractivity contribution in [3.63, 3.8) is 0 Å². The summed E-state index contributed by atoms with van der Waals surface area (Å²) in [4.78, 5) is 3.14. The molecule has 0 unspecified atom stereocenters. The van der Waals surface area contributed by atoms with Gasteiger partial charge in [0.2, 0.25) is 0 Å². The predicted octanol–water partition coefficient (Wildman–Crippen LogP) is 0.962. The fourth-order valence-corrected chi connectivity index (χ4v) is 1.36. The second kappa shape index (κ2) is 1.99. The van der Waals surface area contributed by atoms with E-state index in [1.54, 1.807) is 0 Å². The van der Waals surface area contributed by atoms with Crippen molar-refractivity contribution in [3.8, 4) is 0 Å². The normalized spacial score (nSPS) is 10.5. The number of benzene rings is 1. The van der Waals surface area contributed by atoms with Crippen LogP contribution in [-0.4, -0.2) is 15.2 Å². The molecule has 1 aromatic heterocycles. The van der Waals surface area contributed by atoms with E-state index in [1.165, 1.54) is 10.9 Å². The van der Waals surface area contributed by atoms with E-state index in [-0.39, 0.29) is 0 Å². The Morgan fingerprint density at radius 2 is 2.00 bits per heavy atom. The standard InChI is InChI=1S/C8H6NSi/c10-8-5-9-7-4-2-1-3-6(7)8/h1-5,9H. The second-order valence-electron chi connectivity index (χ2n) is 2.25. The van der Waals surface area contributed by atoms with Crippen LogP contribution in [0.15, 0.2) is 30.5 Å². The van der Waals surface area contributed by atoms with Gasteiger partial charge in [-0.15, -0.1) is 0 Å². The van der Waals surface area contributed by atoms with Gasteiger partial charge in [-0.1, -0.05) is 18.2 Å². The van der Waals surface area contributed by atoms with E-state index in [0.29, 0.717) is 0 Å². The van der Waals surface area contributed by atoms with Crippen LogP contribution in [0.1, 0.15) is 0 Å². The molecular formula is C8H6NSi. The van der Waals surface area contributed by atoms with Crippen molar-refractivity contribution in [1.82, 2.24) is 4.98 Å². The maximum Gasteiger partial charge on any atom is 0.0742 e. The van der Waals surface area contributed by atoms with Crippen LogP contribution >= 0.6 is 0 Å². The molecular weight excluding hydrogens is 138 g/mol. The minimum atomic E-state index is 1.12. The third kappa shape index (κ3) is 0.692. The molecule has 1 heterocycles. The minimum absolute atomic E-state index is 1.12. The third-order valence-electron chi connectivity index (χ3n) is 1.59. The zero-order valence-electron chi connectivity index (χ0n) is 5.39. The summed E-state index contributed by atoms with van der Waals surface area (Å²) < 4.78 is 0. The van der Waals surface area contributed by atoms with Crippen LogP contribution in [0.4, 0.5) is 0 Å². The van der Waals surface area contributed by atoms with Crippen molar-refractivity contribution in [2.75, 3.05) is 0 Å². The van der Waals surface area contributed by atoms with Crippen LogP contribution in [0.25, 0.3) is 10.9 Å². The molecule has 0 aliphatic heterocycles. The lowest BCUT2D eigenvalue weighted by molar-refractivity contribution is 1.49. The molecule has 1 N–H and O–H groups in total. The van der Waals surface area contributed by atoms with Gasteiger partial charge in [0.15, 0.2) is 0 Å². The van der Waals surface area contributed by atoms with Gasteiger partial charge in [0, 0.05) is 11.7 Å². The highest BCUT2D eigenvalue weighted by molar-refractivity contribution is 6.38. The first-order valence-corrected chi connectivity index (χ1v) is 3.65. The Kier molecular flexibility index (Phi) is 1.14. The monoisotopic (exact) mass is 144 g/mol. The number of aromatic nitrogens is 1. The lowest BCUT2D eigenvalue weighted by Crippen LogP contribution is -1.96. The van der Waals surface area contributed by atoms with E-state index in [2.05, 4.69) is 27.4 Å². The molecule has 2 heteroatoms. The van der Waals surface area contributed by atoms with Gasteiger partial charge in [-0.05, 0) is 16.6 Å². The third-order valence-corrected chi connectivity index (χ3v) is 2.00. The maximum absolute atomic E-state index is 3.48. The Hall–Kier alpha value is -1.02. The number of aromatic amines is 1. The topological polar surface area (TPSA) is 15.8 Å². The van der Waals surface area contributed by atoms with Gasteiger partial charge >= 0.3 is 0 Å². The molecule has 10 heavy (non-hydrogen) atoms. The summed E-state index contributed by atoms with van der Waals surface area (Å²) >= 11 is 0. The molecule has 0 spiro atoms. The Morgan fingerprint density at radius 1 is 1.20 bits per heavy atom. The first-order chi connectivity index (χ1) is 4.88. The molecule has 0 atom stereocenters. The number of hydrogen-bond donors (Lipinski definition) is 1. The van der Waals surface area contributed by atoms with E-state index in [1.807, 2.05) is 18.3 Å². The van der Waals surface area contributed by atoms with E-state index in [0.717, 1.165) is 5.19 Å². The lowest BCUT2D eigenvalue weighted by atomic mass is 10.2. The summed E-state index contributed by atoms with van der Waals surface area (Å²) in [7, 11) is 3.48. The molecule has 0 amide bonds. The van der Waals surface area contributed by atoms with Crippen LogP contribution < -0.4 is 5.19 Å². The van der Waals surface area contributed by atoms with Crippen molar-refractivity contribution in [2.45, 2.75) is 0 Å². The first kappa shape index (κ1) is 5.74. The summed E-state index contributed by atoms with van der Waals surface area (Å²) in [5, 5.41) is 2.36. The van der Waals surface area contributed by atoms with Gasteiger partial charge in [0.1, 0.15) is 0 Å². The number of nitrogens with one attached hydrogen (secondary N) is 1. The average molecular weight is 144 g/mol. The van der Waals surface area contributed by atoms with Crippen molar-refractivity contribution in [3.05, 3.63) is 30.5 Å². The fraction of sp³-hybridized carbons (Fsp3) is 0. The van der Waals surface area contributed by atoms with Crippen molar-refractivity contribution in [2.24, 2.45) is 0 Å². The molecule has 2 aromatic rings. The molecule has 0 saturated heterocycles. The van der Waals surface area contributed by atoms with Gasteiger partial charge < -0.3 is 4.98 Å². The van der Waals surface area contributed by atoms with Crippen LogP contribution in [0, 0.1) is 0 Å². The molecule has 47 valence electrons. The lowest BCUT2D eigenvalue weighted by Gasteiger charge is -1.86. The van der Waals surface area contributed by atoms with E-state index in [4.69, 9.17) is 0 Å². The Labute approximate surface area is 62.5 Å². The first-order valence-electron chi connectivity index (χ1n) is 3.15. The van der Waals surface area contributed by atoms with Crippen LogP contribution in [0.5, 0.6) is 0 Å². The van der Waals surface area contributed by atoms with E-state index >= 15 is 0 Å². The van der Waals surface area contributed by atoms with Crippen LogP contribution in [-0.2, 0) is 0 Å². The van der Waals surface area contributed by atoms with Gasteiger partial charge in [-0.2, -0.15) is 0 Å². The SMILES string of the molecule is [Si]c1c[nH]c2ccccc12. The van der Waals surface area contributed by atoms with Crippen molar-refractivity contribution in [1.29, 1.82) is 0 Å². The number of rotatable bonds is 0. The number of H-pyrrole nitrogens is 1. The Balaban J connectivity index is 2.93. The van der Waals surface area contributed by atoms with E-state index < -0.39 is 0 Å². The predicted molar refractivity (Wildman–Crippen MR) is 43.7 cm³/mol. The Morgan fingerprint density at radius 3 is 2.80 bits per heavy atom. The van der Waals surface area contributed by atoms with Crippen LogP contribution in [0.3, 0.4) is 0 Å². The molecule has 2 rings (SSSR count). The maximum atomic E-state index is 3.48. The second-order valence-corrected chi connectivity index (χ2v) is 2.79. The molecule has 1 aromatic carbocycles. The molecule has 0 fully saturated rings. The van der Waals surface area contributed by atoms with Crippen molar-refractivity contribution >= 4 is 26.3 Å². The smallest absolute Gasteiger partial charge is 0.0742 e. The van der Waals surface area contributed by atoms with Gasteiger partial charge in [-0.25, -0.2) is 0 Å². The molecule has 3 radical (unpaired) electrons. The quantitative estimate of drug-likeness (QED) is 0.530. The van der Waals surface area contributed by atoms with Crippen LogP contribution in [0.2, 0.25) is 0 Å². The summed E-state index contributed by atoms with van der Waals surface area (Å²) in [5.41, 5.74) is 1.17. The van der Waals surface area contributed by atoms with Gasteiger partial charge in [0.25, 0.3) is 0 Å².